The van der Waals surface area contributed by atoms with E-state index in [-0.39, 0.29) is 24.0 Å². The van der Waals surface area contributed by atoms with E-state index < -0.39 is 5.91 Å². The fraction of sp³-hybridized carbons (Fsp3) is 0.556. The van der Waals surface area contributed by atoms with Crippen molar-refractivity contribution in [3.05, 3.63) is 29.8 Å². The Kier molecular flexibility index (Phi) is 6.39. The number of nitrogens with zero attached hydrogens (tertiary/aromatic N) is 1. The lowest BCUT2D eigenvalue weighted by Crippen LogP contribution is -2.54. The van der Waals surface area contributed by atoms with E-state index in [1.54, 1.807) is 12.1 Å². The summed E-state index contributed by atoms with van der Waals surface area (Å²) >= 11 is 0. The molecule has 1 heterocycles. The molecule has 1 fully saturated rings. The molecule has 7 heteroatoms. The van der Waals surface area contributed by atoms with Crippen LogP contribution in [0.15, 0.2) is 24.3 Å². The molecule has 1 aromatic carbocycles. The topological polar surface area (TPSA) is 111 Å². The molecule has 0 saturated carbocycles. The van der Waals surface area contributed by atoms with E-state index in [1.807, 2.05) is 12.1 Å². The molecule has 1 aliphatic heterocycles. The second-order valence-corrected chi connectivity index (χ2v) is 7.27. The van der Waals surface area contributed by atoms with Crippen LogP contribution >= 0.6 is 0 Å². The van der Waals surface area contributed by atoms with E-state index in [2.05, 4.69) is 24.1 Å². The molecule has 0 spiro atoms. The van der Waals surface area contributed by atoms with Gasteiger partial charge in [0.25, 0.3) is 5.91 Å². The minimum absolute atomic E-state index is 0.000302. The largest absolute Gasteiger partial charge is 0.484 e. The minimum Gasteiger partial charge on any atom is -0.484 e. The van der Waals surface area contributed by atoms with Gasteiger partial charge >= 0.3 is 0 Å². The maximum absolute atomic E-state index is 12.2. The zero-order valence-electron chi connectivity index (χ0n) is 15.0. The molecule has 0 aromatic heterocycles. The number of hydrogen-bond acceptors (Lipinski definition) is 5. The molecular formula is C18H28N4O3. The smallest absolute Gasteiger partial charge is 0.255 e. The predicted octanol–water partition coefficient (Wildman–Crippen LogP) is 0.226. The molecule has 2 amide bonds. The van der Waals surface area contributed by atoms with Crippen LogP contribution in [-0.2, 0) is 16.1 Å². The molecule has 1 saturated heterocycles. The lowest BCUT2D eigenvalue weighted by Gasteiger charge is -2.42. The maximum atomic E-state index is 12.2. The van der Waals surface area contributed by atoms with Crippen LogP contribution in [0.5, 0.6) is 5.75 Å². The molecule has 0 bridgehead atoms. The Morgan fingerprint density at radius 2 is 2.00 bits per heavy atom. The van der Waals surface area contributed by atoms with Crippen molar-refractivity contribution in [1.29, 1.82) is 0 Å². The van der Waals surface area contributed by atoms with Crippen LogP contribution in [0.3, 0.4) is 0 Å². The average Bonchev–Trinajstić information content (AvgIpc) is 2.55. The highest BCUT2D eigenvalue weighted by molar-refractivity contribution is 5.78. The molecule has 7 nitrogen and oxygen atoms in total. The summed E-state index contributed by atoms with van der Waals surface area (Å²) in [6.07, 6.45) is 0.910. The van der Waals surface area contributed by atoms with Crippen LogP contribution in [0.4, 0.5) is 0 Å². The third-order valence-electron chi connectivity index (χ3n) is 4.55. The molecule has 2 rings (SSSR count). The highest BCUT2D eigenvalue weighted by Gasteiger charge is 2.33. The minimum atomic E-state index is -0.516. The van der Waals surface area contributed by atoms with Gasteiger partial charge in [0.05, 0.1) is 6.54 Å². The van der Waals surface area contributed by atoms with Gasteiger partial charge in [-0.3, -0.25) is 14.5 Å². The van der Waals surface area contributed by atoms with Gasteiger partial charge in [0, 0.05) is 25.7 Å². The summed E-state index contributed by atoms with van der Waals surface area (Å²) < 4.78 is 5.20. The summed E-state index contributed by atoms with van der Waals surface area (Å²) in [5.74, 6) is 0.0549. The zero-order valence-corrected chi connectivity index (χ0v) is 15.0. The number of carbonyl (C=O) groups is 2. The molecule has 138 valence electrons. The average molecular weight is 348 g/mol. The van der Waals surface area contributed by atoms with E-state index in [1.165, 1.54) is 0 Å². The van der Waals surface area contributed by atoms with Crippen molar-refractivity contribution in [3.63, 3.8) is 0 Å². The zero-order chi connectivity index (χ0) is 18.4. The number of nitrogens with one attached hydrogen (secondary N) is 1. The standard InChI is InChI=1S/C18H28N4O3/c1-18(2)12-22(8-7-15(18)19)10-17(24)21-9-13-3-5-14(6-4-13)25-11-16(20)23/h3-6,15H,7-12,19H2,1-2H3,(H2,20,23)(H,21,24). The number of carbonyl (C=O) groups excluding carboxylic acids is 2. The Balaban J connectivity index is 1.75. The molecular weight excluding hydrogens is 320 g/mol. The van der Waals surface area contributed by atoms with Crippen molar-refractivity contribution in [1.82, 2.24) is 10.2 Å². The predicted molar refractivity (Wildman–Crippen MR) is 95.8 cm³/mol. The Labute approximate surface area is 148 Å². The highest BCUT2D eigenvalue weighted by atomic mass is 16.5. The van der Waals surface area contributed by atoms with Gasteiger partial charge in [0.1, 0.15) is 5.75 Å². The van der Waals surface area contributed by atoms with Gasteiger partial charge in [-0.15, -0.1) is 0 Å². The molecule has 1 unspecified atom stereocenters. The van der Waals surface area contributed by atoms with Gasteiger partial charge < -0.3 is 21.5 Å². The molecule has 0 aliphatic carbocycles. The molecule has 25 heavy (non-hydrogen) atoms. The Bertz CT molecular complexity index is 601. The van der Waals surface area contributed by atoms with Crippen LogP contribution < -0.4 is 21.5 Å². The van der Waals surface area contributed by atoms with E-state index in [9.17, 15) is 9.59 Å². The monoisotopic (exact) mass is 348 g/mol. The molecule has 1 aromatic rings. The lowest BCUT2D eigenvalue weighted by molar-refractivity contribution is -0.123. The molecule has 0 radical (unpaired) electrons. The fourth-order valence-corrected chi connectivity index (χ4v) is 2.94. The van der Waals surface area contributed by atoms with Gasteiger partial charge in [0.2, 0.25) is 5.91 Å². The first-order valence-corrected chi connectivity index (χ1v) is 8.51. The van der Waals surface area contributed by atoms with Crippen molar-refractivity contribution in [3.8, 4) is 5.75 Å². The lowest BCUT2D eigenvalue weighted by atomic mass is 9.80. The first-order valence-electron chi connectivity index (χ1n) is 8.51. The van der Waals surface area contributed by atoms with Crippen LogP contribution in [0.25, 0.3) is 0 Å². The van der Waals surface area contributed by atoms with Crippen LogP contribution in [0.1, 0.15) is 25.8 Å². The number of amides is 2. The molecule has 5 N–H and O–H groups in total. The first-order chi connectivity index (χ1) is 11.8. The fourth-order valence-electron chi connectivity index (χ4n) is 2.94. The summed E-state index contributed by atoms with van der Waals surface area (Å²) in [6.45, 7) is 6.65. The molecule has 1 aliphatic rings. The van der Waals surface area contributed by atoms with E-state index in [0.29, 0.717) is 18.8 Å². The van der Waals surface area contributed by atoms with Crippen molar-refractivity contribution in [2.45, 2.75) is 32.9 Å². The van der Waals surface area contributed by atoms with E-state index in [4.69, 9.17) is 16.2 Å². The Morgan fingerprint density at radius 3 is 2.60 bits per heavy atom. The second-order valence-electron chi connectivity index (χ2n) is 7.27. The second kappa shape index (κ2) is 8.31. The summed E-state index contributed by atoms with van der Waals surface area (Å²) in [4.78, 5) is 25.0. The number of primary amides is 1. The summed E-state index contributed by atoms with van der Waals surface area (Å²) in [5.41, 5.74) is 12.1. The first kappa shape index (κ1) is 19.2. The number of likely N-dealkylation sites (tertiary alicyclic amines) is 1. The van der Waals surface area contributed by atoms with Gasteiger partial charge in [-0.2, -0.15) is 0 Å². The molecule has 1 atom stereocenters. The number of ether oxygens (including phenoxy) is 1. The highest BCUT2D eigenvalue weighted by Crippen LogP contribution is 2.27. The van der Waals surface area contributed by atoms with Gasteiger partial charge in [0.15, 0.2) is 6.61 Å². The summed E-state index contributed by atoms with van der Waals surface area (Å²) in [6, 6.07) is 7.37. The van der Waals surface area contributed by atoms with Gasteiger partial charge in [-0.05, 0) is 29.5 Å². The van der Waals surface area contributed by atoms with E-state index >= 15 is 0 Å². The number of rotatable bonds is 7. The van der Waals surface area contributed by atoms with Crippen LogP contribution in [0, 0.1) is 5.41 Å². The summed E-state index contributed by atoms with van der Waals surface area (Å²) in [5, 5.41) is 2.93. The number of nitrogens with two attached hydrogens (primary N) is 2. The van der Waals surface area contributed by atoms with E-state index in [0.717, 1.165) is 25.1 Å². The number of benzene rings is 1. The van der Waals surface area contributed by atoms with Crippen molar-refractivity contribution in [2.24, 2.45) is 16.9 Å². The van der Waals surface area contributed by atoms with Crippen molar-refractivity contribution >= 4 is 11.8 Å². The Morgan fingerprint density at radius 1 is 1.32 bits per heavy atom. The number of hydrogen-bond donors (Lipinski definition) is 3. The SMILES string of the molecule is CC1(C)CN(CC(=O)NCc2ccc(OCC(N)=O)cc2)CCC1N. The number of piperidine rings is 1. The van der Waals surface area contributed by atoms with Gasteiger partial charge in [-0.1, -0.05) is 26.0 Å². The summed E-state index contributed by atoms with van der Waals surface area (Å²) in [7, 11) is 0. The van der Waals surface area contributed by atoms with Gasteiger partial charge in [-0.25, -0.2) is 0 Å². The van der Waals surface area contributed by atoms with Crippen LogP contribution in [-0.4, -0.2) is 49.0 Å². The third-order valence-corrected chi connectivity index (χ3v) is 4.55. The maximum Gasteiger partial charge on any atom is 0.255 e. The third kappa shape index (κ3) is 6.03. The quantitative estimate of drug-likeness (QED) is 0.653. The van der Waals surface area contributed by atoms with Crippen molar-refractivity contribution < 1.29 is 14.3 Å². The van der Waals surface area contributed by atoms with Crippen LogP contribution in [0.2, 0.25) is 0 Å². The normalized spacial score (nSPS) is 20.0. The van der Waals surface area contributed by atoms with Crippen molar-refractivity contribution in [2.75, 3.05) is 26.2 Å². The Hall–Kier alpha value is -2.12.